The molecule has 0 saturated carbocycles. The quantitative estimate of drug-likeness (QED) is 0.301. The molecule has 2 saturated heterocycles. The first-order valence-electron chi connectivity index (χ1n) is 14.6. The summed E-state index contributed by atoms with van der Waals surface area (Å²) in [5, 5.41) is 0.974. The van der Waals surface area contributed by atoms with Gasteiger partial charge in [0.2, 0.25) is 11.7 Å². The highest BCUT2D eigenvalue weighted by atomic mass is 35.5. The summed E-state index contributed by atoms with van der Waals surface area (Å²) in [4.78, 5) is 35.0. The van der Waals surface area contributed by atoms with E-state index in [0.29, 0.717) is 58.8 Å². The van der Waals surface area contributed by atoms with Crippen molar-refractivity contribution < 1.29 is 23.8 Å². The van der Waals surface area contributed by atoms with Crippen LogP contribution in [-0.4, -0.2) is 80.7 Å². The van der Waals surface area contributed by atoms with Gasteiger partial charge in [0.05, 0.1) is 36.8 Å². The molecule has 2 N–H and O–H groups in total. The molecule has 2 amide bonds. The lowest BCUT2D eigenvalue weighted by molar-refractivity contribution is -0.125. The van der Waals surface area contributed by atoms with Crippen molar-refractivity contribution in [3.63, 3.8) is 0 Å². The lowest BCUT2D eigenvalue weighted by Crippen LogP contribution is -2.50. The fourth-order valence-electron chi connectivity index (χ4n) is 6.70. The summed E-state index contributed by atoms with van der Waals surface area (Å²) in [6, 6.07) is 12.9. The largest absolute Gasteiger partial charge is 0.493 e. The zero-order valence-electron chi connectivity index (χ0n) is 25.7. The van der Waals surface area contributed by atoms with E-state index in [0.717, 1.165) is 43.6 Å². The van der Waals surface area contributed by atoms with E-state index in [1.165, 1.54) is 21.3 Å². The normalized spacial score (nSPS) is 19.4. The van der Waals surface area contributed by atoms with E-state index in [-0.39, 0.29) is 29.6 Å². The van der Waals surface area contributed by atoms with Gasteiger partial charge in [-0.2, -0.15) is 0 Å². The summed E-state index contributed by atoms with van der Waals surface area (Å²) in [5.74, 6) is 0.853. The molecule has 2 fully saturated rings. The van der Waals surface area contributed by atoms with E-state index in [9.17, 15) is 9.59 Å². The fraction of sp³-hybridized carbons (Fsp3) is 0.424. The van der Waals surface area contributed by atoms with E-state index in [1.807, 2.05) is 35.2 Å². The average Bonchev–Trinajstić information content (AvgIpc) is 3.50. The SMILES string of the molecule is COc1cc(C(=O)N2CC[C@](CCN3CCC(C(N)=O)(c4cccnc4)CC3)(c3ccc(Cl)c(Cl)c3)C2)cc(OC)c1OC.Cl. The summed E-state index contributed by atoms with van der Waals surface area (Å²) in [6.07, 6.45) is 6.25. The Balaban J connectivity index is 0.00000461. The molecule has 242 valence electrons. The van der Waals surface area contributed by atoms with Crippen molar-refractivity contribution >= 4 is 47.4 Å². The Hall–Kier alpha value is -3.24. The molecule has 2 aliphatic heterocycles. The number of hydrogen-bond acceptors (Lipinski definition) is 7. The molecule has 3 aromatic rings. The number of rotatable bonds is 10. The molecule has 0 bridgehead atoms. The van der Waals surface area contributed by atoms with Gasteiger partial charge in [0, 0.05) is 36.5 Å². The molecule has 0 radical (unpaired) electrons. The first kappa shape index (κ1) is 34.6. The van der Waals surface area contributed by atoms with E-state index < -0.39 is 5.41 Å². The van der Waals surface area contributed by atoms with Crippen LogP contribution in [0.3, 0.4) is 0 Å². The van der Waals surface area contributed by atoms with Crippen LogP contribution in [-0.2, 0) is 15.6 Å². The lowest BCUT2D eigenvalue weighted by atomic mass is 9.72. The predicted octanol–water partition coefficient (Wildman–Crippen LogP) is 5.53. The number of nitrogens with zero attached hydrogens (tertiary/aromatic N) is 3. The molecule has 45 heavy (non-hydrogen) atoms. The Morgan fingerprint density at radius 3 is 2.16 bits per heavy atom. The Bertz CT molecular complexity index is 1490. The van der Waals surface area contributed by atoms with Crippen LogP contribution in [0.5, 0.6) is 17.2 Å². The number of halogens is 3. The topological polar surface area (TPSA) is 107 Å². The van der Waals surface area contributed by atoms with Crippen LogP contribution in [0, 0.1) is 0 Å². The summed E-state index contributed by atoms with van der Waals surface area (Å²) < 4.78 is 16.4. The molecule has 2 aliphatic rings. The van der Waals surface area contributed by atoms with Crippen molar-refractivity contribution in [2.45, 2.75) is 36.5 Å². The van der Waals surface area contributed by atoms with Gasteiger partial charge >= 0.3 is 0 Å². The van der Waals surface area contributed by atoms with Crippen LogP contribution < -0.4 is 19.9 Å². The molecule has 0 unspecified atom stereocenters. The lowest BCUT2D eigenvalue weighted by Gasteiger charge is -2.41. The number of pyridine rings is 1. The van der Waals surface area contributed by atoms with Crippen LogP contribution in [0.25, 0.3) is 0 Å². The zero-order chi connectivity index (χ0) is 31.5. The van der Waals surface area contributed by atoms with Gasteiger partial charge in [0.15, 0.2) is 11.5 Å². The molecule has 5 rings (SSSR count). The van der Waals surface area contributed by atoms with E-state index in [1.54, 1.807) is 24.5 Å². The van der Waals surface area contributed by atoms with Gasteiger partial charge in [-0.05, 0) is 86.8 Å². The van der Waals surface area contributed by atoms with Crippen molar-refractivity contribution in [3.05, 3.63) is 81.6 Å². The van der Waals surface area contributed by atoms with Crippen LogP contribution in [0.1, 0.15) is 47.2 Å². The number of benzene rings is 2. The van der Waals surface area contributed by atoms with Crippen LogP contribution in [0.2, 0.25) is 10.0 Å². The number of likely N-dealkylation sites (tertiary alicyclic amines) is 2. The molecule has 12 heteroatoms. The van der Waals surface area contributed by atoms with Gasteiger partial charge in [-0.15, -0.1) is 12.4 Å². The second kappa shape index (κ2) is 14.5. The third kappa shape index (κ3) is 6.82. The highest BCUT2D eigenvalue weighted by Gasteiger charge is 2.44. The van der Waals surface area contributed by atoms with E-state index >= 15 is 0 Å². The molecular formula is C33H39Cl3N4O5. The fourth-order valence-corrected chi connectivity index (χ4v) is 6.99. The van der Waals surface area contributed by atoms with Gasteiger partial charge in [0.1, 0.15) is 0 Å². The van der Waals surface area contributed by atoms with E-state index in [4.69, 9.17) is 43.1 Å². The van der Waals surface area contributed by atoms with Gasteiger partial charge in [0.25, 0.3) is 5.91 Å². The number of carbonyl (C=O) groups is 2. The average molecular weight is 678 g/mol. The number of piperidine rings is 1. The van der Waals surface area contributed by atoms with Crippen molar-refractivity contribution in [2.75, 3.05) is 54.1 Å². The number of carbonyl (C=O) groups excluding carboxylic acids is 2. The Morgan fingerprint density at radius 1 is 0.911 bits per heavy atom. The molecule has 1 atom stereocenters. The Kier molecular flexibility index (Phi) is 11.1. The standard InChI is InChI=1S/C33H38Cl2N4O5.ClH/c1-42-27-17-22(18-28(43-2)29(27)44-3)30(40)39-16-9-32(21-39,23-6-7-25(34)26(35)19-23)8-13-38-14-10-33(11-15-38,31(36)41)24-5-4-12-37-20-24;/h4-7,12,17-20H,8-11,13-16,21H2,1-3H3,(H2,36,41);1H/t32-;/m0./s1. The zero-order valence-corrected chi connectivity index (χ0v) is 28.0. The van der Waals surface area contributed by atoms with Crippen LogP contribution >= 0.6 is 35.6 Å². The summed E-state index contributed by atoms with van der Waals surface area (Å²) in [7, 11) is 4.59. The number of aromatic nitrogens is 1. The maximum Gasteiger partial charge on any atom is 0.254 e. The number of amides is 2. The van der Waals surface area contributed by atoms with Crippen molar-refractivity contribution in [2.24, 2.45) is 5.73 Å². The van der Waals surface area contributed by atoms with Crippen molar-refractivity contribution in [3.8, 4) is 17.2 Å². The molecule has 3 heterocycles. The molecule has 1 aromatic heterocycles. The Labute approximate surface area is 280 Å². The van der Waals surface area contributed by atoms with E-state index in [2.05, 4.69) is 9.88 Å². The second-order valence-corrected chi connectivity index (χ2v) is 12.4. The van der Waals surface area contributed by atoms with Crippen LogP contribution in [0.4, 0.5) is 0 Å². The number of hydrogen-bond donors (Lipinski definition) is 1. The second-order valence-electron chi connectivity index (χ2n) is 11.6. The van der Waals surface area contributed by atoms with Crippen LogP contribution in [0.15, 0.2) is 54.9 Å². The minimum Gasteiger partial charge on any atom is -0.493 e. The number of nitrogens with two attached hydrogens (primary N) is 1. The Morgan fingerprint density at radius 2 is 1.60 bits per heavy atom. The molecule has 9 nitrogen and oxygen atoms in total. The maximum atomic E-state index is 13.9. The summed E-state index contributed by atoms with van der Waals surface area (Å²) >= 11 is 12.8. The minimum absolute atomic E-state index is 0. The summed E-state index contributed by atoms with van der Waals surface area (Å²) in [5.41, 5.74) is 7.27. The third-order valence-electron chi connectivity index (χ3n) is 9.39. The first-order chi connectivity index (χ1) is 21.2. The number of ether oxygens (including phenoxy) is 3. The third-order valence-corrected chi connectivity index (χ3v) is 10.1. The predicted molar refractivity (Wildman–Crippen MR) is 177 cm³/mol. The highest BCUT2D eigenvalue weighted by Crippen LogP contribution is 2.43. The smallest absolute Gasteiger partial charge is 0.254 e. The highest BCUT2D eigenvalue weighted by molar-refractivity contribution is 6.42. The number of methoxy groups -OCH3 is 3. The molecular weight excluding hydrogens is 639 g/mol. The molecule has 0 spiro atoms. The van der Waals surface area contributed by atoms with Gasteiger partial charge < -0.3 is 29.7 Å². The van der Waals surface area contributed by atoms with Crippen molar-refractivity contribution in [1.29, 1.82) is 0 Å². The summed E-state index contributed by atoms with van der Waals surface area (Å²) in [6.45, 7) is 3.32. The molecule has 2 aromatic carbocycles. The van der Waals surface area contributed by atoms with Gasteiger partial charge in [-0.25, -0.2) is 0 Å². The minimum atomic E-state index is -0.719. The molecule has 0 aliphatic carbocycles. The van der Waals surface area contributed by atoms with Gasteiger partial charge in [-0.3, -0.25) is 14.6 Å². The monoisotopic (exact) mass is 676 g/mol. The van der Waals surface area contributed by atoms with Crippen molar-refractivity contribution in [1.82, 2.24) is 14.8 Å². The first-order valence-corrected chi connectivity index (χ1v) is 15.4. The van der Waals surface area contributed by atoms with Gasteiger partial charge in [-0.1, -0.05) is 35.3 Å². The number of primary amides is 1. The maximum absolute atomic E-state index is 13.9.